The maximum Gasteiger partial charge on any atom is 0.505 e. The van der Waals surface area contributed by atoms with Crippen molar-refractivity contribution in [2.75, 3.05) is 7.11 Å². The van der Waals surface area contributed by atoms with Crippen molar-refractivity contribution in [1.29, 1.82) is 0 Å². The average Bonchev–Trinajstić information content (AvgIpc) is 1.38. The Hall–Kier alpha value is 0.0362. The van der Waals surface area contributed by atoms with Crippen molar-refractivity contribution in [3.05, 3.63) is 0 Å². The van der Waals surface area contributed by atoms with Gasteiger partial charge in [0.15, 0.2) is 0 Å². The van der Waals surface area contributed by atoms with Gasteiger partial charge in [-0.25, -0.2) is 4.79 Å². The summed E-state index contributed by atoms with van der Waals surface area (Å²) in [5.41, 5.74) is 0. The van der Waals surface area contributed by atoms with Gasteiger partial charge in [-0.05, 0) is 0 Å². The van der Waals surface area contributed by atoms with Gasteiger partial charge >= 0.3 is 29.2 Å². The quantitative estimate of drug-likeness (QED) is 0.328. The summed E-state index contributed by atoms with van der Waals surface area (Å²) >= 11 is 0. The summed E-state index contributed by atoms with van der Waals surface area (Å²) in [6.45, 7) is 0. The highest BCUT2D eigenvalue weighted by atomic mass is 24.3. The second-order valence-electron chi connectivity index (χ2n) is 0.470. The molecule has 3 nitrogen and oxygen atoms in total. The van der Waals surface area contributed by atoms with Gasteiger partial charge in [-0.3, -0.25) is 0 Å². The van der Waals surface area contributed by atoms with E-state index in [0.717, 1.165) is 7.11 Å². The van der Waals surface area contributed by atoms with Crippen LogP contribution in [0.1, 0.15) is 0 Å². The van der Waals surface area contributed by atoms with E-state index in [1.165, 1.54) is 0 Å². The van der Waals surface area contributed by atoms with Gasteiger partial charge in [-0.1, -0.05) is 0 Å². The number of ether oxygens (including phenoxy) is 1. The maximum atomic E-state index is 9.15. The minimum atomic E-state index is -1.25. The van der Waals surface area contributed by atoms with E-state index >= 15 is 0 Å². The van der Waals surface area contributed by atoms with E-state index in [4.69, 9.17) is 9.90 Å². The van der Waals surface area contributed by atoms with Crippen molar-refractivity contribution < 1.29 is 14.6 Å². The second-order valence-corrected chi connectivity index (χ2v) is 0.470. The number of hydrogen-bond donors (Lipinski definition) is 1. The smallest absolute Gasteiger partial charge is 0.450 e. The fourth-order valence-corrected chi connectivity index (χ4v) is 0. The molecule has 0 atom stereocenters. The molecule has 0 aromatic heterocycles. The Balaban J connectivity index is 0. The summed E-state index contributed by atoms with van der Waals surface area (Å²) in [6, 6.07) is 0. The first-order chi connectivity index (χ1) is 2.27. The lowest BCUT2D eigenvalue weighted by molar-refractivity contribution is 0.114. The molecular formula is C2H6MgO3. The Morgan fingerprint density at radius 3 is 2.00 bits per heavy atom. The molecule has 0 bridgehead atoms. The molecule has 0 radical (unpaired) electrons. The van der Waals surface area contributed by atoms with Crippen LogP contribution in [0.5, 0.6) is 0 Å². The highest BCUT2D eigenvalue weighted by Crippen LogP contribution is 1.60. The van der Waals surface area contributed by atoms with E-state index in [1.54, 1.807) is 0 Å². The molecule has 34 valence electrons. The zero-order chi connectivity index (χ0) is 4.28. The summed E-state index contributed by atoms with van der Waals surface area (Å²) < 4.78 is 3.67. The zero-order valence-corrected chi connectivity index (χ0v) is 2.76. The van der Waals surface area contributed by atoms with Crippen molar-refractivity contribution in [2.45, 2.75) is 0 Å². The fraction of sp³-hybridized carbons (Fsp3) is 0.500. The molecule has 0 amide bonds. The van der Waals surface area contributed by atoms with Crippen LogP contribution in [0.4, 0.5) is 4.79 Å². The van der Waals surface area contributed by atoms with Crippen LogP contribution in [0.25, 0.3) is 0 Å². The number of carbonyl (C=O) groups is 1. The molecule has 0 aliphatic carbocycles. The predicted octanol–water partition coefficient (Wildman–Crippen LogP) is -0.605. The standard InChI is InChI=1S/C2H4O3.Mg.2H/c1-5-2(3)4;;;/h1H3,(H,3,4);;;. The van der Waals surface area contributed by atoms with Gasteiger partial charge in [-0.15, -0.1) is 0 Å². The van der Waals surface area contributed by atoms with Crippen LogP contribution in [0.3, 0.4) is 0 Å². The first-order valence-corrected chi connectivity index (χ1v) is 1.04. The largest absolute Gasteiger partial charge is 0.505 e. The van der Waals surface area contributed by atoms with Crippen molar-refractivity contribution in [2.24, 2.45) is 0 Å². The third-order valence-electron chi connectivity index (χ3n) is 0.175. The van der Waals surface area contributed by atoms with E-state index in [-0.39, 0.29) is 23.1 Å². The molecule has 0 heterocycles. The SMILES string of the molecule is COC(=O)O.[MgH2]. The van der Waals surface area contributed by atoms with E-state index < -0.39 is 6.16 Å². The number of carboxylic acid groups (broad SMARTS) is 1. The Labute approximate surface area is 51.4 Å². The molecule has 0 spiro atoms. The van der Waals surface area contributed by atoms with Gasteiger partial charge in [0.25, 0.3) is 0 Å². The monoisotopic (exact) mass is 102 g/mol. The molecule has 6 heavy (non-hydrogen) atoms. The van der Waals surface area contributed by atoms with Gasteiger partial charge < -0.3 is 9.84 Å². The molecule has 0 aliphatic heterocycles. The average molecular weight is 102 g/mol. The molecule has 0 aromatic carbocycles. The highest BCUT2D eigenvalue weighted by molar-refractivity contribution is 5.75. The van der Waals surface area contributed by atoms with Crippen molar-refractivity contribution in [3.63, 3.8) is 0 Å². The topological polar surface area (TPSA) is 46.5 Å². The molecular weight excluding hydrogens is 96.3 g/mol. The molecule has 0 unspecified atom stereocenters. The summed E-state index contributed by atoms with van der Waals surface area (Å²) in [5, 5.41) is 7.50. The number of rotatable bonds is 0. The zero-order valence-electron chi connectivity index (χ0n) is 2.76. The first kappa shape index (κ1) is 9.40. The van der Waals surface area contributed by atoms with Crippen LogP contribution in [-0.4, -0.2) is 41.4 Å². The Morgan fingerprint density at radius 1 is 1.83 bits per heavy atom. The van der Waals surface area contributed by atoms with Crippen LogP contribution >= 0.6 is 0 Å². The minimum Gasteiger partial charge on any atom is -0.450 e. The molecule has 1 N–H and O–H groups in total. The maximum absolute atomic E-state index is 9.15. The van der Waals surface area contributed by atoms with E-state index in [0.29, 0.717) is 0 Å². The summed E-state index contributed by atoms with van der Waals surface area (Å²) in [7, 11) is 1.10. The van der Waals surface area contributed by atoms with Crippen molar-refractivity contribution in [3.8, 4) is 0 Å². The first-order valence-electron chi connectivity index (χ1n) is 1.04. The van der Waals surface area contributed by atoms with E-state index in [9.17, 15) is 0 Å². The van der Waals surface area contributed by atoms with Gasteiger partial charge in [0.1, 0.15) is 0 Å². The highest BCUT2D eigenvalue weighted by Gasteiger charge is 1.80. The Bertz CT molecular complexity index is 44.1. The van der Waals surface area contributed by atoms with Crippen LogP contribution in [0.2, 0.25) is 0 Å². The third-order valence-corrected chi connectivity index (χ3v) is 0.175. The molecule has 0 saturated carbocycles. The molecule has 0 rings (SSSR count). The Kier molecular flexibility index (Phi) is 7.89. The van der Waals surface area contributed by atoms with Crippen LogP contribution in [-0.2, 0) is 4.74 Å². The third kappa shape index (κ3) is 8.97. The van der Waals surface area contributed by atoms with Crippen molar-refractivity contribution in [1.82, 2.24) is 0 Å². The van der Waals surface area contributed by atoms with Crippen LogP contribution < -0.4 is 0 Å². The van der Waals surface area contributed by atoms with Gasteiger partial charge in [-0.2, -0.15) is 0 Å². The summed E-state index contributed by atoms with van der Waals surface area (Å²) in [6.07, 6.45) is -1.25. The fourth-order valence-electron chi connectivity index (χ4n) is 0. The lowest BCUT2D eigenvalue weighted by Crippen LogP contribution is -1.91. The molecule has 0 aromatic rings. The van der Waals surface area contributed by atoms with Gasteiger partial charge in [0.05, 0.1) is 7.11 Å². The number of methoxy groups -OCH3 is 1. The molecule has 4 heteroatoms. The lowest BCUT2D eigenvalue weighted by atomic mass is 11.4. The Morgan fingerprint density at radius 2 is 2.00 bits per heavy atom. The van der Waals surface area contributed by atoms with Gasteiger partial charge in [0.2, 0.25) is 0 Å². The van der Waals surface area contributed by atoms with Gasteiger partial charge in [0, 0.05) is 0 Å². The molecule has 0 saturated heterocycles. The normalized spacial score (nSPS) is 5.50. The summed E-state index contributed by atoms with van der Waals surface area (Å²) in [5.74, 6) is 0. The lowest BCUT2D eigenvalue weighted by Gasteiger charge is -1.79. The van der Waals surface area contributed by atoms with Crippen LogP contribution in [0, 0.1) is 0 Å². The molecule has 0 fully saturated rings. The van der Waals surface area contributed by atoms with Crippen LogP contribution in [0.15, 0.2) is 0 Å². The predicted molar refractivity (Wildman–Crippen MR) is 23.6 cm³/mol. The minimum absolute atomic E-state index is 0. The summed E-state index contributed by atoms with van der Waals surface area (Å²) in [4.78, 5) is 9.15. The van der Waals surface area contributed by atoms with E-state index in [2.05, 4.69) is 4.74 Å². The number of hydrogen-bond acceptors (Lipinski definition) is 2. The molecule has 0 aliphatic rings. The van der Waals surface area contributed by atoms with E-state index in [1.807, 2.05) is 0 Å². The van der Waals surface area contributed by atoms with Crippen molar-refractivity contribution >= 4 is 29.2 Å². The second kappa shape index (κ2) is 5.04.